The predicted molar refractivity (Wildman–Crippen MR) is 130 cm³/mol. The molecule has 0 radical (unpaired) electrons. The molecule has 0 atom stereocenters. The first-order chi connectivity index (χ1) is 15.7. The van der Waals surface area contributed by atoms with E-state index in [1.807, 2.05) is 24.3 Å². The van der Waals surface area contributed by atoms with E-state index in [4.69, 9.17) is 4.74 Å². The van der Waals surface area contributed by atoms with Gasteiger partial charge in [-0.1, -0.05) is 6.07 Å². The highest BCUT2D eigenvalue weighted by atomic mass is 32.2. The van der Waals surface area contributed by atoms with Gasteiger partial charge in [-0.25, -0.2) is 8.42 Å². The van der Waals surface area contributed by atoms with E-state index in [-0.39, 0.29) is 19.7 Å². The van der Waals surface area contributed by atoms with Gasteiger partial charge in [-0.15, -0.1) is 11.3 Å². The average Bonchev–Trinajstić information content (AvgIpc) is 3.35. The fourth-order valence-electron chi connectivity index (χ4n) is 3.90. The van der Waals surface area contributed by atoms with Gasteiger partial charge < -0.3 is 15.0 Å². The van der Waals surface area contributed by atoms with Crippen LogP contribution in [0.4, 0.5) is 11.4 Å². The number of amides is 1. The van der Waals surface area contributed by atoms with Gasteiger partial charge in [0.05, 0.1) is 5.92 Å². The lowest BCUT2D eigenvalue weighted by Gasteiger charge is -2.29. The summed E-state index contributed by atoms with van der Waals surface area (Å²) in [5, 5.41) is 4.46. The van der Waals surface area contributed by atoms with E-state index in [0.29, 0.717) is 28.8 Å². The molecule has 0 aliphatic carbocycles. The number of hydrogen-bond acceptors (Lipinski definition) is 7. The normalized spacial score (nSPS) is 15.4. The Hall–Kier alpha value is -2.43. The van der Waals surface area contributed by atoms with E-state index in [2.05, 4.69) is 31.0 Å². The van der Waals surface area contributed by atoms with Gasteiger partial charge >= 0.3 is 5.97 Å². The van der Waals surface area contributed by atoms with Crippen LogP contribution in [0.2, 0.25) is 0 Å². The van der Waals surface area contributed by atoms with E-state index in [1.54, 1.807) is 17.5 Å². The summed E-state index contributed by atoms with van der Waals surface area (Å²) in [6.45, 7) is 7.36. The Morgan fingerprint density at radius 1 is 1.18 bits per heavy atom. The molecule has 0 unspecified atom stereocenters. The zero-order chi connectivity index (χ0) is 24.0. The van der Waals surface area contributed by atoms with Crippen LogP contribution in [0.15, 0.2) is 46.0 Å². The first-order valence-electron chi connectivity index (χ1n) is 11.1. The van der Waals surface area contributed by atoms with Crippen LogP contribution in [0.3, 0.4) is 0 Å². The lowest BCUT2D eigenvalue weighted by molar-refractivity contribution is -0.152. The minimum absolute atomic E-state index is 0.254. The Labute approximate surface area is 199 Å². The van der Waals surface area contributed by atoms with Crippen molar-refractivity contribution in [1.82, 2.24) is 4.31 Å². The molecule has 1 aliphatic heterocycles. The van der Waals surface area contributed by atoms with Crippen LogP contribution in [0.1, 0.15) is 33.6 Å². The van der Waals surface area contributed by atoms with Gasteiger partial charge in [-0.3, -0.25) is 9.59 Å². The van der Waals surface area contributed by atoms with Crippen LogP contribution < -0.4 is 10.2 Å². The smallest absolute Gasteiger partial charge is 0.309 e. The number of nitrogens with one attached hydrogen (secondary N) is 1. The number of carbonyl (C=O) groups excluding carboxylic acids is 2. The zero-order valence-corrected chi connectivity index (χ0v) is 20.8. The molecule has 1 fully saturated rings. The van der Waals surface area contributed by atoms with Gasteiger partial charge in [-0.05, 0) is 69.3 Å². The molecule has 1 aromatic carbocycles. The molecular formula is C23H31N3O5S2. The van der Waals surface area contributed by atoms with Crippen molar-refractivity contribution in [3.05, 3.63) is 41.8 Å². The number of hydrogen-bond donors (Lipinski definition) is 1. The van der Waals surface area contributed by atoms with Crippen molar-refractivity contribution >= 4 is 44.6 Å². The van der Waals surface area contributed by atoms with Crippen LogP contribution in [-0.4, -0.2) is 56.9 Å². The molecule has 1 amide bonds. The SMILES string of the molecule is CCN(c1ccc(NC(=O)COC(=O)C2CCN(S(=O)(=O)c3cccs3)CC2)cc1)C(C)C. The van der Waals surface area contributed by atoms with Crippen molar-refractivity contribution in [3.63, 3.8) is 0 Å². The number of thiophene rings is 1. The van der Waals surface area contributed by atoms with Gasteiger partial charge in [0.15, 0.2) is 6.61 Å². The summed E-state index contributed by atoms with van der Waals surface area (Å²) < 4.78 is 32.1. The van der Waals surface area contributed by atoms with Gasteiger partial charge in [-0.2, -0.15) is 4.31 Å². The minimum atomic E-state index is -3.51. The fraction of sp³-hybridized carbons (Fsp3) is 0.478. The topological polar surface area (TPSA) is 96.0 Å². The monoisotopic (exact) mass is 493 g/mol. The van der Waals surface area contributed by atoms with Crippen molar-refractivity contribution in [2.24, 2.45) is 5.92 Å². The van der Waals surface area contributed by atoms with Crippen LogP contribution >= 0.6 is 11.3 Å². The van der Waals surface area contributed by atoms with E-state index in [1.165, 1.54) is 15.6 Å². The summed E-state index contributed by atoms with van der Waals surface area (Å²) in [4.78, 5) is 26.8. The molecule has 0 saturated carbocycles. The molecular weight excluding hydrogens is 462 g/mol. The number of rotatable bonds is 9. The van der Waals surface area contributed by atoms with Crippen LogP contribution in [-0.2, 0) is 24.3 Å². The van der Waals surface area contributed by atoms with Crippen molar-refractivity contribution in [1.29, 1.82) is 0 Å². The van der Waals surface area contributed by atoms with Gasteiger partial charge in [0.1, 0.15) is 4.21 Å². The Bertz CT molecular complexity index is 1030. The molecule has 33 heavy (non-hydrogen) atoms. The lowest BCUT2D eigenvalue weighted by Crippen LogP contribution is -2.40. The highest BCUT2D eigenvalue weighted by molar-refractivity contribution is 7.91. The molecule has 1 aliphatic rings. The molecule has 10 heteroatoms. The zero-order valence-electron chi connectivity index (χ0n) is 19.2. The summed E-state index contributed by atoms with van der Waals surface area (Å²) in [6, 6.07) is 11.2. The van der Waals surface area contributed by atoms with Crippen molar-refractivity contribution in [2.75, 3.05) is 36.5 Å². The lowest BCUT2D eigenvalue weighted by atomic mass is 9.98. The van der Waals surface area contributed by atoms with E-state index >= 15 is 0 Å². The standard InChI is InChI=1S/C23H31N3O5S2/c1-4-26(17(2)3)20-9-7-19(8-10-20)24-21(27)16-31-23(28)18-11-13-25(14-12-18)33(29,30)22-6-5-15-32-22/h5-10,15,17-18H,4,11-14,16H2,1-3H3,(H,24,27). The summed E-state index contributed by atoms with van der Waals surface area (Å²) in [6.07, 6.45) is 0.743. The Morgan fingerprint density at radius 3 is 2.39 bits per heavy atom. The summed E-state index contributed by atoms with van der Waals surface area (Å²) in [7, 11) is -3.51. The first-order valence-corrected chi connectivity index (χ1v) is 13.4. The quantitative estimate of drug-likeness (QED) is 0.537. The number of anilines is 2. The maximum absolute atomic E-state index is 12.6. The Balaban J connectivity index is 1.44. The number of sulfonamides is 1. The molecule has 3 rings (SSSR count). The third kappa shape index (κ3) is 6.33. The highest BCUT2D eigenvalue weighted by Crippen LogP contribution is 2.27. The Morgan fingerprint density at radius 2 is 1.85 bits per heavy atom. The van der Waals surface area contributed by atoms with Crippen LogP contribution in [0, 0.1) is 5.92 Å². The minimum Gasteiger partial charge on any atom is -0.455 e. The highest BCUT2D eigenvalue weighted by Gasteiger charge is 2.33. The second kappa shape index (κ2) is 11.1. The van der Waals surface area contributed by atoms with Gasteiger partial charge in [0, 0.05) is 37.1 Å². The molecule has 1 saturated heterocycles. The summed E-state index contributed by atoms with van der Waals surface area (Å²) in [5.41, 5.74) is 1.70. The second-order valence-electron chi connectivity index (χ2n) is 8.19. The van der Waals surface area contributed by atoms with Crippen molar-refractivity contribution < 1.29 is 22.7 Å². The van der Waals surface area contributed by atoms with Crippen molar-refractivity contribution in [3.8, 4) is 0 Å². The maximum atomic E-state index is 12.6. The number of carbonyl (C=O) groups is 2. The number of ether oxygens (including phenoxy) is 1. The molecule has 2 aromatic rings. The first kappa shape index (κ1) is 25.2. The van der Waals surface area contributed by atoms with Crippen LogP contribution in [0.5, 0.6) is 0 Å². The fourth-order valence-corrected chi connectivity index (χ4v) is 6.52. The average molecular weight is 494 g/mol. The van der Waals surface area contributed by atoms with E-state index in [9.17, 15) is 18.0 Å². The molecule has 1 aromatic heterocycles. The number of benzene rings is 1. The van der Waals surface area contributed by atoms with Crippen molar-refractivity contribution in [2.45, 2.75) is 43.9 Å². The molecule has 0 spiro atoms. The summed E-state index contributed by atoms with van der Waals surface area (Å²) in [5.74, 6) is -1.29. The molecule has 2 heterocycles. The van der Waals surface area contributed by atoms with E-state index < -0.39 is 27.8 Å². The maximum Gasteiger partial charge on any atom is 0.309 e. The Kier molecular flexibility index (Phi) is 8.50. The summed E-state index contributed by atoms with van der Waals surface area (Å²) >= 11 is 1.18. The predicted octanol–water partition coefficient (Wildman–Crippen LogP) is 3.57. The third-order valence-corrected chi connectivity index (χ3v) is 8.94. The number of piperidine rings is 1. The van der Waals surface area contributed by atoms with Gasteiger partial charge in [0.2, 0.25) is 0 Å². The third-order valence-electron chi connectivity index (χ3n) is 5.67. The molecule has 0 bridgehead atoms. The van der Waals surface area contributed by atoms with E-state index in [0.717, 1.165) is 12.2 Å². The molecule has 8 nitrogen and oxygen atoms in total. The van der Waals surface area contributed by atoms with Crippen LogP contribution in [0.25, 0.3) is 0 Å². The second-order valence-corrected chi connectivity index (χ2v) is 11.3. The number of esters is 1. The molecule has 180 valence electrons. The largest absolute Gasteiger partial charge is 0.455 e. The molecule has 1 N–H and O–H groups in total. The number of nitrogens with zero attached hydrogens (tertiary/aromatic N) is 2. The van der Waals surface area contributed by atoms with Gasteiger partial charge in [0.25, 0.3) is 15.9 Å².